The van der Waals surface area contributed by atoms with Crippen molar-refractivity contribution >= 4 is 0 Å². The summed E-state index contributed by atoms with van der Waals surface area (Å²) in [6, 6.07) is 0. The second-order valence-electron chi connectivity index (χ2n) is 5.72. The summed E-state index contributed by atoms with van der Waals surface area (Å²) in [6.45, 7) is 0. The fourth-order valence-electron chi connectivity index (χ4n) is 4.57. The molecule has 5 atom stereocenters. The van der Waals surface area contributed by atoms with Crippen LogP contribution in [0.25, 0.3) is 0 Å². The molecule has 0 aromatic rings. The summed E-state index contributed by atoms with van der Waals surface area (Å²) in [5, 5.41) is 10.9. The highest BCUT2D eigenvalue weighted by Crippen LogP contribution is 2.56. The van der Waals surface area contributed by atoms with Gasteiger partial charge in [-0.05, 0) is 55.8 Å². The van der Waals surface area contributed by atoms with Crippen molar-refractivity contribution in [3.05, 3.63) is 5.21 Å². The molecule has 3 saturated carbocycles. The molecule has 0 aliphatic heterocycles. The van der Waals surface area contributed by atoms with E-state index in [1.165, 1.54) is 32.7 Å². The van der Waals surface area contributed by atoms with Crippen molar-refractivity contribution in [3.63, 3.8) is 0 Å². The largest absolute Gasteiger partial charge is 0.600 e. The molecule has 0 aromatic heterocycles. The maximum Gasteiger partial charge on any atom is 0.118 e. The molecular weight excluding hydrogens is 190 g/mol. The van der Waals surface area contributed by atoms with Crippen LogP contribution in [0.5, 0.6) is 0 Å². The van der Waals surface area contributed by atoms with Crippen LogP contribution in [0.4, 0.5) is 0 Å². The molecule has 0 aromatic carbocycles. The normalized spacial score (nSPS) is 50.4. The highest BCUT2D eigenvalue weighted by Gasteiger charge is 2.50. The second-order valence-corrected chi connectivity index (χ2v) is 5.72. The van der Waals surface area contributed by atoms with Crippen LogP contribution in [0.2, 0.25) is 0 Å². The van der Waals surface area contributed by atoms with Gasteiger partial charge < -0.3 is 5.21 Å². The Hall–Kier alpha value is -0.120. The van der Waals surface area contributed by atoms with E-state index in [4.69, 9.17) is 4.84 Å². The molecule has 3 fully saturated rings. The van der Waals surface area contributed by atoms with Crippen LogP contribution in [0.3, 0.4) is 0 Å². The standard InChI is InChI=1S/C12H21NO2/c1-13(14)15-10-6-8-5-9(7-10)12-4-2-3-11(8)12/h8-13H,2-7H2,1H3. The fourth-order valence-corrected chi connectivity index (χ4v) is 4.57. The molecule has 3 heteroatoms. The van der Waals surface area contributed by atoms with Gasteiger partial charge in [0, 0.05) is 0 Å². The lowest BCUT2D eigenvalue weighted by Gasteiger charge is -2.30. The van der Waals surface area contributed by atoms with E-state index in [-0.39, 0.29) is 11.3 Å². The van der Waals surface area contributed by atoms with Crippen molar-refractivity contribution in [2.45, 2.75) is 44.6 Å². The van der Waals surface area contributed by atoms with Crippen LogP contribution in [-0.4, -0.2) is 13.2 Å². The van der Waals surface area contributed by atoms with Crippen molar-refractivity contribution < 1.29 is 10.1 Å². The number of hydrogen-bond acceptors (Lipinski definition) is 2. The minimum atomic E-state index is -0.0912. The lowest BCUT2D eigenvalue weighted by Crippen LogP contribution is -3.03. The Bertz CT molecular complexity index is 226. The predicted molar refractivity (Wildman–Crippen MR) is 56.8 cm³/mol. The Balaban J connectivity index is 1.68. The van der Waals surface area contributed by atoms with Gasteiger partial charge in [0.2, 0.25) is 0 Å². The maximum absolute atomic E-state index is 11.0. The first kappa shape index (κ1) is 10.1. The van der Waals surface area contributed by atoms with Gasteiger partial charge in [-0.25, -0.2) is 10.1 Å². The Kier molecular flexibility index (Phi) is 2.49. The minimum absolute atomic E-state index is 0.0912. The average molecular weight is 211 g/mol. The molecule has 0 heterocycles. The summed E-state index contributed by atoms with van der Waals surface area (Å²) < 4.78 is 0. The SMILES string of the molecule is C[NH+]([O-])OC1CC2CC(C1)C1CCCC21. The Morgan fingerprint density at radius 2 is 1.67 bits per heavy atom. The zero-order chi connectivity index (χ0) is 10.4. The number of hydroxylamine groups is 2. The second kappa shape index (κ2) is 3.72. The van der Waals surface area contributed by atoms with Crippen molar-refractivity contribution in [1.82, 2.24) is 0 Å². The van der Waals surface area contributed by atoms with E-state index in [0.29, 0.717) is 0 Å². The summed E-state index contributed by atoms with van der Waals surface area (Å²) in [5.74, 6) is 3.72. The quantitative estimate of drug-likeness (QED) is 0.696. The van der Waals surface area contributed by atoms with Crippen LogP contribution in [-0.2, 0) is 4.84 Å². The minimum Gasteiger partial charge on any atom is -0.600 e. The van der Waals surface area contributed by atoms with Gasteiger partial charge in [-0.2, -0.15) is 0 Å². The average Bonchev–Trinajstić information content (AvgIpc) is 2.70. The third kappa shape index (κ3) is 1.71. The molecule has 0 radical (unpaired) electrons. The summed E-state index contributed by atoms with van der Waals surface area (Å²) in [5.41, 5.74) is 0. The summed E-state index contributed by atoms with van der Waals surface area (Å²) in [6.07, 6.45) is 8.30. The van der Waals surface area contributed by atoms with Crippen LogP contribution < -0.4 is 5.23 Å². The predicted octanol–water partition coefficient (Wildman–Crippen LogP) is 1.15. The number of fused-ring (bicyclic) bond motifs is 5. The molecule has 3 aliphatic rings. The van der Waals surface area contributed by atoms with Crippen molar-refractivity contribution in [2.24, 2.45) is 23.7 Å². The number of quaternary nitrogens is 1. The first-order chi connectivity index (χ1) is 7.24. The van der Waals surface area contributed by atoms with E-state index in [1.807, 2.05) is 0 Å². The van der Waals surface area contributed by atoms with E-state index < -0.39 is 0 Å². The lowest BCUT2D eigenvalue weighted by atomic mass is 9.83. The zero-order valence-corrected chi connectivity index (χ0v) is 9.45. The number of hydrogen-bond donors (Lipinski definition) is 1. The third-order valence-electron chi connectivity index (χ3n) is 4.91. The van der Waals surface area contributed by atoms with Crippen molar-refractivity contribution in [2.75, 3.05) is 7.05 Å². The molecular formula is C12H21NO2. The molecule has 2 bridgehead atoms. The summed E-state index contributed by atoms with van der Waals surface area (Å²) in [7, 11) is 1.54. The first-order valence-electron chi connectivity index (χ1n) is 6.41. The van der Waals surface area contributed by atoms with E-state index in [0.717, 1.165) is 36.5 Å². The molecule has 0 spiro atoms. The molecule has 3 rings (SSSR count). The van der Waals surface area contributed by atoms with Gasteiger partial charge in [0.25, 0.3) is 0 Å². The van der Waals surface area contributed by atoms with Crippen LogP contribution in [0.1, 0.15) is 38.5 Å². The fraction of sp³-hybridized carbons (Fsp3) is 1.00. The van der Waals surface area contributed by atoms with Gasteiger partial charge >= 0.3 is 0 Å². The van der Waals surface area contributed by atoms with Gasteiger partial charge in [0.15, 0.2) is 0 Å². The summed E-state index contributed by atoms with van der Waals surface area (Å²) >= 11 is 0. The van der Waals surface area contributed by atoms with E-state index >= 15 is 0 Å². The van der Waals surface area contributed by atoms with Crippen LogP contribution in [0, 0.1) is 28.9 Å². The number of rotatable bonds is 2. The Labute approximate surface area is 91.3 Å². The third-order valence-corrected chi connectivity index (χ3v) is 4.91. The molecule has 86 valence electrons. The Morgan fingerprint density at radius 3 is 2.20 bits per heavy atom. The highest BCUT2D eigenvalue weighted by atomic mass is 16.9. The van der Waals surface area contributed by atoms with Gasteiger partial charge in [-0.1, -0.05) is 6.42 Å². The molecule has 0 amide bonds. The van der Waals surface area contributed by atoms with E-state index in [2.05, 4.69) is 0 Å². The zero-order valence-electron chi connectivity index (χ0n) is 9.45. The molecule has 15 heavy (non-hydrogen) atoms. The monoisotopic (exact) mass is 211 g/mol. The van der Waals surface area contributed by atoms with E-state index in [9.17, 15) is 5.21 Å². The molecule has 3 aliphatic carbocycles. The molecule has 3 nitrogen and oxygen atoms in total. The van der Waals surface area contributed by atoms with Crippen molar-refractivity contribution in [1.29, 1.82) is 0 Å². The topological polar surface area (TPSA) is 36.7 Å². The van der Waals surface area contributed by atoms with Gasteiger partial charge in [-0.3, -0.25) is 0 Å². The van der Waals surface area contributed by atoms with Gasteiger partial charge in [0.1, 0.15) is 6.10 Å². The molecule has 0 saturated heterocycles. The van der Waals surface area contributed by atoms with E-state index in [1.54, 1.807) is 0 Å². The molecule has 1 N–H and O–H groups in total. The Morgan fingerprint density at radius 1 is 1.07 bits per heavy atom. The smallest absolute Gasteiger partial charge is 0.118 e. The van der Waals surface area contributed by atoms with Gasteiger partial charge in [0.05, 0.1) is 7.05 Å². The summed E-state index contributed by atoms with van der Waals surface area (Å²) in [4.78, 5) is 5.40. The first-order valence-corrected chi connectivity index (χ1v) is 6.41. The maximum atomic E-state index is 11.0. The van der Waals surface area contributed by atoms with Crippen LogP contribution >= 0.6 is 0 Å². The van der Waals surface area contributed by atoms with Crippen molar-refractivity contribution in [3.8, 4) is 0 Å². The lowest BCUT2D eigenvalue weighted by molar-refractivity contribution is -1.04. The molecule has 5 unspecified atom stereocenters. The number of nitrogens with one attached hydrogen (secondary N) is 1. The van der Waals surface area contributed by atoms with Crippen LogP contribution in [0.15, 0.2) is 0 Å². The highest BCUT2D eigenvalue weighted by molar-refractivity contribution is 4.99. The van der Waals surface area contributed by atoms with Gasteiger partial charge in [-0.15, -0.1) is 0 Å².